The summed E-state index contributed by atoms with van der Waals surface area (Å²) < 4.78 is 27.7. The molecule has 0 saturated carbocycles. The molecule has 1 aliphatic heterocycles. The zero-order valence-electron chi connectivity index (χ0n) is 17.6. The molecule has 0 radical (unpaired) electrons. The van der Waals surface area contributed by atoms with E-state index in [2.05, 4.69) is 15.6 Å². The van der Waals surface area contributed by atoms with E-state index in [1.54, 1.807) is 12.1 Å². The van der Waals surface area contributed by atoms with Gasteiger partial charge in [0, 0.05) is 17.5 Å². The number of piperidine rings is 1. The summed E-state index contributed by atoms with van der Waals surface area (Å²) in [4.78, 5) is 9.65. The van der Waals surface area contributed by atoms with Crippen LogP contribution in [-0.4, -0.2) is 38.0 Å². The number of sulfone groups is 1. The van der Waals surface area contributed by atoms with Gasteiger partial charge in [0.1, 0.15) is 0 Å². The first-order chi connectivity index (χ1) is 15.1. The number of nitrogens with zero attached hydrogens (tertiary/aromatic N) is 2. The van der Waals surface area contributed by atoms with Crippen LogP contribution in [0.1, 0.15) is 36.9 Å². The smallest absolute Gasteiger partial charge is 0.224 e. The summed E-state index contributed by atoms with van der Waals surface area (Å²) in [6, 6.07) is 13.0. The average Bonchev–Trinajstić information content (AvgIpc) is 2.82. The van der Waals surface area contributed by atoms with Gasteiger partial charge in [0.15, 0.2) is 5.03 Å². The number of benzene rings is 2. The molecule has 1 saturated heterocycles. The maximum Gasteiger partial charge on any atom is 0.224 e. The summed E-state index contributed by atoms with van der Waals surface area (Å²) in [6.45, 7) is 2.82. The van der Waals surface area contributed by atoms with E-state index in [1.807, 2.05) is 30.3 Å². The minimum atomic E-state index is -3.77. The molecular formula is C24H28N4O2S. The first-order valence-corrected chi connectivity index (χ1v) is 12.7. The van der Waals surface area contributed by atoms with Gasteiger partial charge < -0.3 is 10.6 Å². The van der Waals surface area contributed by atoms with Crippen LogP contribution in [0, 0.1) is 5.92 Å². The minimum Gasteiger partial charge on any atom is -0.354 e. The van der Waals surface area contributed by atoms with Crippen LogP contribution in [0.25, 0.3) is 10.8 Å². The Hall–Kier alpha value is -2.51. The van der Waals surface area contributed by atoms with Crippen LogP contribution in [-0.2, 0) is 22.7 Å². The Morgan fingerprint density at radius 2 is 1.74 bits per heavy atom. The number of hydrogen-bond acceptors (Lipinski definition) is 6. The van der Waals surface area contributed by atoms with Gasteiger partial charge in [-0.05, 0) is 69.0 Å². The van der Waals surface area contributed by atoms with Gasteiger partial charge in [-0.2, -0.15) is 0 Å². The third kappa shape index (κ3) is 4.04. The molecule has 7 heteroatoms. The van der Waals surface area contributed by atoms with Crippen molar-refractivity contribution in [2.75, 3.05) is 25.0 Å². The quantitative estimate of drug-likeness (QED) is 0.593. The molecule has 0 unspecified atom stereocenters. The first-order valence-electron chi connectivity index (χ1n) is 11.2. The van der Waals surface area contributed by atoms with E-state index in [-0.39, 0.29) is 5.03 Å². The van der Waals surface area contributed by atoms with Crippen molar-refractivity contribution in [1.82, 2.24) is 15.3 Å². The highest BCUT2D eigenvalue weighted by Crippen LogP contribution is 2.33. The standard InChI is InChI=1S/C24H28N4O2S/c29-31(30,22-11-5-7-18-6-1-2-8-19(18)22)23-20-9-3-4-10-21(20)27-24(28-23)26-16-17-12-14-25-15-13-17/h1-2,5-8,11,17,25H,3-4,9-10,12-16H2,(H,26,27,28). The molecule has 5 rings (SSSR count). The molecule has 2 aromatic carbocycles. The number of rotatable bonds is 5. The maximum atomic E-state index is 13.9. The average molecular weight is 437 g/mol. The summed E-state index contributed by atoms with van der Waals surface area (Å²) in [6.07, 6.45) is 5.74. The van der Waals surface area contributed by atoms with Gasteiger partial charge in [-0.15, -0.1) is 0 Å². The van der Waals surface area contributed by atoms with Gasteiger partial charge in [-0.3, -0.25) is 0 Å². The highest BCUT2D eigenvalue weighted by molar-refractivity contribution is 7.91. The van der Waals surface area contributed by atoms with Crippen LogP contribution in [0.15, 0.2) is 52.4 Å². The fraction of sp³-hybridized carbons (Fsp3) is 0.417. The molecule has 0 spiro atoms. The molecule has 162 valence electrons. The number of fused-ring (bicyclic) bond motifs is 2. The first kappa shape index (κ1) is 20.4. The molecule has 1 aromatic heterocycles. The van der Waals surface area contributed by atoms with E-state index in [1.165, 1.54) is 0 Å². The molecule has 0 amide bonds. The van der Waals surface area contributed by atoms with Crippen LogP contribution in [0.2, 0.25) is 0 Å². The predicted octanol–water partition coefficient (Wildman–Crippen LogP) is 3.75. The Balaban J connectivity index is 1.56. The Kier molecular flexibility index (Phi) is 5.63. The maximum absolute atomic E-state index is 13.9. The van der Waals surface area contributed by atoms with Crippen molar-refractivity contribution in [1.29, 1.82) is 0 Å². The van der Waals surface area contributed by atoms with E-state index >= 15 is 0 Å². The molecular weight excluding hydrogens is 408 g/mol. The minimum absolute atomic E-state index is 0.182. The van der Waals surface area contributed by atoms with Crippen molar-refractivity contribution >= 4 is 26.6 Å². The van der Waals surface area contributed by atoms with E-state index < -0.39 is 9.84 Å². The molecule has 31 heavy (non-hydrogen) atoms. The van der Waals surface area contributed by atoms with Gasteiger partial charge in [0.05, 0.1) is 10.6 Å². The van der Waals surface area contributed by atoms with E-state index in [4.69, 9.17) is 4.98 Å². The van der Waals surface area contributed by atoms with Gasteiger partial charge >= 0.3 is 0 Å². The lowest BCUT2D eigenvalue weighted by atomic mass is 9.97. The third-order valence-corrected chi connectivity index (χ3v) is 8.23. The summed E-state index contributed by atoms with van der Waals surface area (Å²) in [7, 11) is -3.77. The lowest BCUT2D eigenvalue weighted by molar-refractivity contribution is 0.389. The van der Waals surface area contributed by atoms with E-state index in [0.717, 1.165) is 73.8 Å². The van der Waals surface area contributed by atoms with Crippen molar-refractivity contribution in [3.05, 3.63) is 53.7 Å². The normalized spacial score (nSPS) is 17.4. The van der Waals surface area contributed by atoms with Crippen LogP contribution >= 0.6 is 0 Å². The summed E-state index contributed by atoms with van der Waals surface area (Å²) in [5.41, 5.74) is 1.68. The van der Waals surface area contributed by atoms with E-state index in [9.17, 15) is 8.42 Å². The lowest BCUT2D eigenvalue weighted by Crippen LogP contribution is -2.31. The Labute approximate surface area is 183 Å². The molecule has 1 aliphatic carbocycles. The molecule has 0 bridgehead atoms. The summed E-state index contributed by atoms with van der Waals surface area (Å²) in [5.74, 6) is 0.997. The van der Waals surface area contributed by atoms with Gasteiger partial charge in [0.2, 0.25) is 15.8 Å². The molecule has 6 nitrogen and oxygen atoms in total. The van der Waals surface area contributed by atoms with Gasteiger partial charge in [0.25, 0.3) is 0 Å². The van der Waals surface area contributed by atoms with Gasteiger partial charge in [-0.25, -0.2) is 18.4 Å². The fourth-order valence-electron chi connectivity index (χ4n) is 4.72. The zero-order chi connectivity index (χ0) is 21.3. The topological polar surface area (TPSA) is 84.0 Å². The van der Waals surface area contributed by atoms with Crippen LogP contribution in [0.4, 0.5) is 5.95 Å². The highest BCUT2D eigenvalue weighted by Gasteiger charge is 2.29. The highest BCUT2D eigenvalue weighted by atomic mass is 32.2. The number of aryl methyl sites for hydroxylation is 1. The summed E-state index contributed by atoms with van der Waals surface area (Å²) >= 11 is 0. The second-order valence-electron chi connectivity index (χ2n) is 8.54. The molecule has 2 N–H and O–H groups in total. The Morgan fingerprint density at radius 1 is 0.968 bits per heavy atom. The number of anilines is 1. The number of nitrogens with one attached hydrogen (secondary N) is 2. The van der Waals surface area contributed by atoms with Crippen molar-refractivity contribution in [2.24, 2.45) is 5.92 Å². The van der Waals surface area contributed by atoms with Crippen molar-refractivity contribution < 1.29 is 8.42 Å². The number of aromatic nitrogens is 2. The monoisotopic (exact) mass is 436 g/mol. The van der Waals surface area contributed by atoms with Crippen molar-refractivity contribution in [2.45, 2.75) is 48.4 Å². The van der Waals surface area contributed by atoms with Crippen LogP contribution in [0.5, 0.6) is 0 Å². The molecule has 0 atom stereocenters. The van der Waals surface area contributed by atoms with Crippen molar-refractivity contribution in [3.63, 3.8) is 0 Å². The van der Waals surface area contributed by atoms with Crippen LogP contribution < -0.4 is 10.6 Å². The molecule has 2 aliphatic rings. The zero-order valence-corrected chi connectivity index (χ0v) is 18.4. The second-order valence-corrected chi connectivity index (χ2v) is 10.4. The molecule has 2 heterocycles. The molecule has 3 aromatic rings. The predicted molar refractivity (Wildman–Crippen MR) is 122 cm³/mol. The van der Waals surface area contributed by atoms with Crippen LogP contribution in [0.3, 0.4) is 0 Å². The van der Waals surface area contributed by atoms with E-state index in [0.29, 0.717) is 23.2 Å². The van der Waals surface area contributed by atoms with Gasteiger partial charge in [-0.1, -0.05) is 36.4 Å². The lowest BCUT2D eigenvalue weighted by Gasteiger charge is -2.24. The third-order valence-electron chi connectivity index (χ3n) is 6.45. The fourth-order valence-corrected chi connectivity index (χ4v) is 6.41. The number of hydrogen-bond donors (Lipinski definition) is 2. The Bertz CT molecular complexity index is 1200. The summed E-state index contributed by atoms with van der Waals surface area (Å²) in [5, 5.41) is 8.56. The Morgan fingerprint density at radius 3 is 2.61 bits per heavy atom. The largest absolute Gasteiger partial charge is 0.354 e. The van der Waals surface area contributed by atoms with Crippen molar-refractivity contribution in [3.8, 4) is 0 Å². The SMILES string of the molecule is O=S(=O)(c1nc(NCC2CCNCC2)nc2c1CCCC2)c1cccc2ccccc12. The second kappa shape index (κ2) is 8.55. The molecule has 1 fully saturated rings.